The Labute approximate surface area is 149 Å². The summed E-state index contributed by atoms with van der Waals surface area (Å²) in [6.45, 7) is 0.354. The zero-order valence-electron chi connectivity index (χ0n) is 13.5. The van der Waals surface area contributed by atoms with E-state index in [4.69, 9.17) is 9.31 Å². The molecule has 2 aromatic rings. The number of aromatic carboxylic acids is 1. The van der Waals surface area contributed by atoms with E-state index in [1.165, 1.54) is 10.4 Å². The fraction of sp³-hybridized carbons (Fsp3) is 0.357. The lowest BCUT2D eigenvalue weighted by Crippen LogP contribution is -2.57. The van der Waals surface area contributed by atoms with Crippen LogP contribution in [0.25, 0.3) is 0 Å². The van der Waals surface area contributed by atoms with Crippen LogP contribution in [0.5, 0.6) is 5.75 Å². The lowest BCUT2D eigenvalue weighted by Gasteiger charge is -2.39. The molecule has 136 valence electrons. The number of aromatic amines is 1. The fourth-order valence-electron chi connectivity index (χ4n) is 2.99. The molecule has 26 heavy (non-hydrogen) atoms. The summed E-state index contributed by atoms with van der Waals surface area (Å²) in [4.78, 5) is 15.0. The lowest BCUT2D eigenvalue weighted by atomic mass is 9.77. The molecule has 1 fully saturated rings. The number of aryl methyl sites for hydroxylation is 1. The van der Waals surface area contributed by atoms with Crippen molar-refractivity contribution in [2.24, 2.45) is 0 Å². The topological polar surface area (TPSA) is 135 Å². The number of nitrogens with zero attached hydrogens (tertiary/aromatic N) is 3. The molecule has 4 rings (SSSR count). The number of aromatic nitrogens is 3. The van der Waals surface area contributed by atoms with Crippen molar-refractivity contribution in [1.82, 2.24) is 19.5 Å². The minimum absolute atomic E-state index is 0.0962. The van der Waals surface area contributed by atoms with E-state index in [-0.39, 0.29) is 29.9 Å². The molecule has 10 nitrogen and oxygen atoms in total. The van der Waals surface area contributed by atoms with Crippen LogP contribution in [0.1, 0.15) is 15.9 Å². The predicted molar refractivity (Wildman–Crippen MR) is 88.3 cm³/mol. The zero-order chi connectivity index (χ0) is 18.3. The van der Waals surface area contributed by atoms with Crippen molar-refractivity contribution in [2.45, 2.75) is 24.0 Å². The van der Waals surface area contributed by atoms with Crippen molar-refractivity contribution in [1.29, 1.82) is 0 Å². The summed E-state index contributed by atoms with van der Waals surface area (Å²) in [6, 6.07) is 5.00. The standard InChI is InChI=1S/C14H15BN4O6S/c20-13(21)11-3-1-2-9-4-5-15(25-12(9)11)24-10-6-19(7-10)26(22,23)14-16-8-17-18-14/h1-3,8,10H,4-7H2,(H,20,21)(H,16,17,18). The van der Waals surface area contributed by atoms with E-state index in [2.05, 4.69) is 15.2 Å². The summed E-state index contributed by atoms with van der Waals surface area (Å²) in [7, 11) is -4.30. The maximum absolute atomic E-state index is 12.2. The number of carboxylic acids is 1. The summed E-state index contributed by atoms with van der Waals surface area (Å²) >= 11 is 0. The first-order valence-electron chi connectivity index (χ1n) is 7.98. The van der Waals surface area contributed by atoms with Crippen LogP contribution in [-0.2, 0) is 21.1 Å². The summed E-state index contributed by atoms with van der Waals surface area (Å²) in [5, 5.41) is 15.0. The molecule has 0 atom stereocenters. The van der Waals surface area contributed by atoms with Crippen LogP contribution in [0.15, 0.2) is 29.7 Å². The third kappa shape index (κ3) is 2.95. The summed E-state index contributed by atoms with van der Waals surface area (Å²) in [5.74, 6) is -0.739. The van der Waals surface area contributed by atoms with Gasteiger partial charge in [-0.15, -0.1) is 0 Å². The quantitative estimate of drug-likeness (QED) is 0.695. The van der Waals surface area contributed by atoms with Crippen molar-refractivity contribution in [3.8, 4) is 5.75 Å². The lowest BCUT2D eigenvalue weighted by molar-refractivity contribution is 0.0578. The number of hydrogen-bond donors (Lipinski definition) is 2. The number of carboxylic acid groups (broad SMARTS) is 1. The monoisotopic (exact) mass is 378 g/mol. The molecule has 2 N–H and O–H groups in total. The number of sulfonamides is 1. The molecule has 2 aliphatic rings. The predicted octanol–water partition coefficient (Wildman–Crippen LogP) is 0.0157. The molecule has 1 saturated heterocycles. The Morgan fingerprint density at radius 3 is 2.92 bits per heavy atom. The van der Waals surface area contributed by atoms with Gasteiger partial charge in [0.05, 0.1) is 11.7 Å². The first kappa shape index (κ1) is 17.0. The Morgan fingerprint density at radius 2 is 2.23 bits per heavy atom. The first-order valence-corrected chi connectivity index (χ1v) is 9.42. The Morgan fingerprint density at radius 1 is 1.42 bits per heavy atom. The molecule has 0 saturated carbocycles. The van der Waals surface area contributed by atoms with Crippen molar-refractivity contribution in [3.63, 3.8) is 0 Å². The third-order valence-electron chi connectivity index (χ3n) is 4.36. The fourth-order valence-corrected chi connectivity index (χ4v) is 4.31. The number of hydrogen-bond acceptors (Lipinski definition) is 7. The van der Waals surface area contributed by atoms with Gasteiger partial charge in [-0.1, -0.05) is 12.1 Å². The molecule has 0 aliphatic carbocycles. The first-order chi connectivity index (χ1) is 12.4. The van der Waals surface area contributed by atoms with Crippen LogP contribution in [0.4, 0.5) is 0 Å². The number of carbonyl (C=O) groups is 1. The maximum atomic E-state index is 12.2. The number of fused-ring (bicyclic) bond motifs is 1. The van der Waals surface area contributed by atoms with Crippen molar-refractivity contribution in [3.05, 3.63) is 35.7 Å². The minimum Gasteiger partial charge on any atom is -0.535 e. The van der Waals surface area contributed by atoms with E-state index in [1.54, 1.807) is 6.07 Å². The summed E-state index contributed by atoms with van der Waals surface area (Å²) in [5.41, 5.74) is 0.923. The summed E-state index contributed by atoms with van der Waals surface area (Å²) < 4.78 is 37.2. The van der Waals surface area contributed by atoms with Crippen LogP contribution in [0.2, 0.25) is 6.32 Å². The zero-order valence-corrected chi connectivity index (χ0v) is 14.3. The number of rotatable bonds is 5. The van der Waals surface area contributed by atoms with Crippen LogP contribution in [0.3, 0.4) is 0 Å². The minimum atomic E-state index is -3.69. The van der Waals surface area contributed by atoms with E-state index in [0.717, 1.165) is 11.9 Å². The van der Waals surface area contributed by atoms with Crippen molar-refractivity contribution in [2.75, 3.05) is 13.1 Å². The largest absolute Gasteiger partial charge is 0.535 e. The molecule has 0 bridgehead atoms. The Kier molecular flexibility index (Phi) is 4.17. The number of nitrogens with one attached hydrogen (secondary N) is 1. The van der Waals surface area contributed by atoms with Crippen LogP contribution in [0, 0.1) is 0 Å². The van der Waals surface area contributed by atoms with Gasteiger partial charge in [0.2, 0.25) is 0 Å². The van der Waals surface area contributed by atoms with Crippen LogP contribution < -0.4 is 4.65 Å². The smallest absolute Gasteiger partial charge is 0.525 e. The van der Waals surface area contributed by atoms with Gasteiger partial charge in [0.15, 0.2) is 0 Å². The van der Waals surface area contributed by atoms with E-state index in [9.17, 15) is 18.3 Å². The second-order valence-electron chi connectivity index (χ2n) is 6.06. The van der Waals surface area contributed by atoms with E-state index >= 15 is 0 Å². The van der Waals surface area contributed by atoms with Gasteiger partial charge < -0.3 is 14.4 Å². The van der Waals surface area contributed by atoms with Crippen molar-refractivity contribution < 1.29 is 27.6 Å². The highest BCUT2D eigenvalue weighted by Crippen LogP contribution is 2.32. The Hall–Kier alpha value is -2.44. The highest BCUT2D eigenvalue weighted by molar-refractivity contribution is 7.89. The number of benzene rings is 1. The van der Waals surface area contributed by atoms with Gasteiger partial charge in [-0.05, 0) is 24.4 Å². The molecular formula is C14H15BN4O6S. The highest BCUT2D eigenvalue weighted by Gasteiger charge is 2.42. The molecule has 2 aliphatic heterocycles. The second kappa shape index (κ2) is 6.38. The van der Waals surface area contributed by atoms with Gasteiger partial charge in [0.1, 0.15) is 12.1 Å². The normalized spacial score (nSPS) is 18.1. The SMILES string of the molecule is O=C(O)c1cccc2c1OB(OC1CN(S(=O)(=O)c3ncn[nH]3)C1)CC2. The van der Waals surface area contributed by atoms with Gasteiger partial charge in [0, 0.05) is 13.1 Å². The van der Waals surface area contributed by atoms with Gasteiger partial charge in [-0.2, -0.15) is 9.40 Å². The van der Waals surface area contributed by atoms with Gasteiger partial charge in [-0.3, -0.25) is 0 Å². The Bertz CT molecular complexity index is 929. The van der Waals surface area contributed by atoms with Gasteiger partial charge in [-0.25, -0.2) is 23.3 Å². The Balaban J connectivity index is 1.38. The van der Waals surface area contributed by atoms with Crippen molar-refractivity contribution >= 4 is 23.1 Å². The molecule has 0 radical (unpaired) electrons. The highest BCUT2D eigenvalue weighted by atomic mass is 32.2. The average molecular weight is 378 g/mol. The molecule has 12 heteroatoms. The molecule has 3 heterocycles. The van der Waals surface area contributed by atoms with Gasteiger partial charge >= 0.3 is 13.1 Å². The molecule has 0 amide bonds. The van der Waals surface area contributed by atoms with E-state index in [0.29, 0.717) is 18.5 Å². The van der Waals surface area contributed by atoms with Crippen LogP contribution in [-0.4, -0.2) is 65.3 Å². The van der Waals surface area contributed by atoms with E-state index in [1.807, 2.05) is 6.07 Å². The molecule has 0 unspecified atom stereocenters. The van der Waals surface area contributed by atoms with E-state index < -0.39 is 23.1 Å². The molecular weight excluding hydrogens is 363 g/mol. The molecule has 0 spiro atoms. The number of H-pyrrole nitrogens is 1. The number of para-hydroxylation sites is 1. The van der Waals surface area contributed by atoms with Crippen LogP contribution >= 0.6 is 0 Å². The van der Waals surface area contributed by atoms with Gasteiger partial charge in [0.25, 0.3) is 15.2 Å². The second-order valence-corrected chi connectivity index (χ2v) is 7.91. The molecule has 1 aromatic heterocycles. The third-order valence-corrected chi connectivity index (χ3v) is 6.02. The maximum Gasteiger partial charge on any atom is 0.525 e. The summed E-state index contributed by atoms with van der Waals surface area (Å²) in [6.07, 6.45) is 2.01. The molecule has 1 aromatic carbocycles. The average Bonchev–Trinajstić information content (AvgIpc) is 3.12.